The normalized spacial score (nSPS) is 8.44. The van der Waals surface area contributed by atoms with Gasteiger partial charge in [-0.15, -0.1) is 0 Å². The van der Waals surface area contributed by atoms with Crippen molar-refractivity contribution in [3.8, 4) is 0 Å². The van der Waals surface area contributed by atoms with Crippen molar-refractivity contribution >= 4 is 11.9 Å². The third kappa shape index (κ3) is 11.7. The summed E-state index contributed by atoms with van der Waals surface area (Å²) >= 11 is 0. The van der Waals surface area contributed by atoms with Gasteiger partial charge in [0.05, 0.1) is 0 Å². The Morgan fingerprint density at radius 3 is 1.44 bits per heavy atom. The molecule has 0 radical (unpaired) electrons. The third-order valence-corrected chi connectivity index (χ3v) is 0.368. The molecular formula is C4H5KO4. The molecule has 0 saturated heterocycles. The zero-order chi connectivity index (χ0) is 6.57. The fraction of sp³-hybridized carbons (Fsp3) is 0. The summed E-state index contributed by atoms with van der Waals surface area (Å²) in [6.45, 7) is 0. The molecule has 0 fully saturated rings. The number of rotatable bonds is 2. The number of hydrogen-bond donors (Lipinski definition) is 2. The van der Waals surface area contributed by atoms with Crippen LogP contribution < -0.4 is 51.4 Å². The Hall–Kier alpha value is 0.316. The zero-order valence-corrected chi connectivity index (χ0v) is 7.99. The molecule has 5 heteroatoms. The Balaban J connectivity index is -0.000000245. The van der Waals surface area contributed by atoms with Crippen LogP contribution in [0.5, 0.6) is 0 Å². The van der Waals surface area contributed by atoms with Crippen LogP contribution in [0.25, 0.3) is 0 Å². The molecule has 0 saturated carbocycles. The Labute approximate surface area is 95.5 Å². The largest absolute Gasteiger partial charge is 1.00 e. The number of carboxylic acids is 2. The van der Waals surface area contributed by atoms with Crippen LogP contribution in [0.3, 0.4) is 0 Å². The van der Waals surface area contributed by atoms with Crippen LogP contribution in [0.15, 0.2) is 12.2 Å². The van der Waals surface area contributed by atoms with E-state index in [0.29, 0.717) is 12.2 Å². The molecule has 0 aromatic rings. The average molecular weight is 156 g/mol. The van der Waals surface area contributed by atoms with E-state index in [1.54, 1.807) is 0 Å². The molecule has 0 aromatic heterocycles. The van der Waals surface area contributed by atoms with Gasteiger partial charge in [0.1, 0.15) is 0 Å². The molecule has 0 spiro atoms. The molecule has 0 unspecified atom stereocenters. The van der Waals surface area contributed by atoms with E-state index in [4.69, 9.17) is 10.2 Å². The quantitative estimate of drug-likeness (QED) is 0.327. The second-order valence-electron chi connectivity index (χ2n) is 1.01. The van der Waals surface area contributed by atoms with Crippen molar-refractivity contribution < 1.29 is 72.6 Å². The number of carboxylic acid groups (broad SMARTS) is 2. The second kappa shape index (κ2) is 6.44. The molecule has 0 aliphatic carbocycles. The van der Waals surface area contributed by atoms with Crippen LogP contribution in [0.2, 0.25) is 0 Å². The number of aliphatic carboxylic acids is 2. The van der Waals surface area contributed by atoms with Crippen molar-refractivity contribution in [1.82, 2.24) is 0 Å². The van der Waals surface area contributed by atoms with E-state index in [-0.39, 0.29) is 52.8 Å². The fourth-order valence-electron chi connectivity index (χ4n) is 0.143. The van der Waals surface area contributed by atoms with Gasteiger partial charge >= 0.3 is 63.3 Å². The van der Waals surface area contributed by atoms with Gasteiger partial charge in [0.2, 0.25) is 0 Å². The molecule has 2 N–H and O–H groups in total. The Morgan fingerprint density at radius 2 is 1.33 bits per heavy atom. The predicted molar refractivity (Wildman–Crippen MR) is 25.5 cm³/mol. The first-order valence-electron chi connectivity index (χ1n) is 1.77. The van der Waals surface area contributed by atoms with Gasteiger partial charge in [0.15, 0.2) is 0 Å². The van der Waals surface area contributed by atoms with Gasteiger partial charge in [-0.3, -0.25) is 0 Å². The first-order valence-corrected chi connectivity index (χ1v) is 1.77. The van der Waals surface area contributed by atoms with E-state index in [2.05, 4.69) is 0 Å². The standard InChI is InChI=1S/C4H4O4.K.H/c5-3(6)1-2-4(7)8;;/h1-2H,(H,5,6)(H,7,8);;/q;+1;-1/b2-1-;;. The van der Waals surface area contributed by atoms with Gasteiger partial charge in [0.25, 0.3) is 0 Å². The molecule has 4 nitrogen and oxygen atoms in total. The minimum absolute atomic E-state index is 0. The molecule has 0 aliphatic rings. The number of carbonyl (C=O) groups is 2. The molecule has 0 rings (SSSR count). The van der Waals surface area contributed by atoms with Crippen LogP contribution in [-0.4, -0.2) is 22.2 Å². The zero-order valence-electron chi connectivity index (χ0n) is 5.87. The molecule has 0 atom stereocenters. The summed E-state index contributed by atoms with van der Waals surface area (Å²) in [4.78, 5) is 19.1. The van der Waals surface area contributed by atoms with Gasteiger partial charge < -0.3 is 11.6 Å². The molecule has 46 valence electrons. The monoisotopic (exact) mass is 156 g/mol. The summed E-state index contributed by atoms with van der Waals surface area (Å²) in [6.07, 6.45) is 1.12. The van der Waals surface area contributed by atoms with E-state index in [1.165, 1.54) is 0 Å². The maximum atomic E-state index is 9.55. The summed E-state index contributed by atoms with van der Waals surface area (Å²) in [5.74, 6) is -2.51. The second-order valence-corrected chi connectivity index (χ2v) is 1.01. The van der Waals surface area contributed by atoms with Crippen LogP contribution in [-0.2, 0) is 9.59 Å². The summed E-state index contributed by atoms with van der Waals surface area (Å²) < 4.78 is 0. The molecule has 9 heavy (non-hydrogen) atoms. The Kier molecular flexibility index (Phi) is 8.61. The first kappa shape index (κ1) is 12.0. The van der Waals surface area contributed by atoms with Gasteiger partial charge in [-0.05, 0) is 0 Å². The van der Waals surface area contributed by atoms with Gasteiger partial charge in [-0.25, -0.2) is 9.59 Å². The predicted octanol–water partition coefficient (Wildman–Crippen LogP) is -3.17. The smallest absolute Gasteiger partial charge is 1.00 e. The van der Waals surface area contributed by atoms with Crippen LogP contribution >= 0.6 is 0 Å². The summed E-state index contributed by atoms with van der Waals surface area (Å²) in [7, 11) is 0. The van der Waals surface area contributed by atoms with E-state index in [0.717, 1.165) is 0 Å². The molecule has 0 bridgehead atoms. The minimum atomic E-state index is -1.26. The van der Waals surface area contributed by atoms with Gasteiger partial charge in [0, 0.05) is 12.2 Å². The third-order valence-electron chi connectivity index (χ3n) is 0.368. The minimum Gasteiger partial charge on any atom is -1.00 e. The van der Waals surface area contributed by atoms with Crippen molar-refractivity contribution in [2.75, 3.05) is 0 Å². The Bertz CT molecular complexity index is 128. The maximum absolute atomic E-state index is 9.55. The van der Waals surface area contributed by atoms with Gasteiger partial charge in [-0.2, -0.15) is 0 Å². The molecular weight excluding hydrogens is 151 g/mol. The molecule has 0 heterocycles. The van der Waals surface area contributed by atoms with Crippen molar-refractivity contribution in [1.29, 1.82) is 0 Å². The van der Waals surface area contributed by atoms with Crippen molar-refractivity contribution in [3.63, 3.8) is 0 Å². The maximum Gasteiger partial charge on any atom is 1.00 e. The van der Waals surface area contributed by atoms with E-state index in [9.17, 15) is 9.59 Å². The van der Waals surface area contributed by atoms with E-state index >= 15 is 0 Å². The topological polar surface area (TPSA) is 74.6 Å². The van der Waals surface area contributed by atoms with Crippen LogP contribution in [0, 0.1) is 0 Å². The van der Waals surface area contributed by atoms with Crippen molar-refractivity contribution in [3.05, 3.63) is 12.2 Å². The average Bonchev–Trinajstić information content (AvgIpc) is 1.61. The van der Waals surface area contributed by atoms with Crippen LogP contribution in [0.1, 0.15) is 1.43 Å². The fourth-order valence-corrected chi connectivity index (χ4v) is 0.143. The van der Waals surface area contributed by atoms with E-state index < -0.39 is 11.9 Å². The Morgan fingerprint density at radius 1 is 1.11 bits per heavy atom. The summed E-state index contributed by atoms with van der Waals surface area (Å²) in [5.41, 5.74) is 0. The van der Waals surface area contributed by atoms with Crippen LogP contribution in [0.4, 0.5) is 0 Å². The molecule has 0 amide bonds. The SMILES string of the molecule is O=C(O)/C=C\C(=O)O.[H-].[K+]. The van der Waals surface area contributed by atoms with E-state index in [1.807, 2.05) is 0 Å². The summed E-state index contributed by atoms with van der Waals surface area (Å²) in [6, 6.07) is 0. The number of hydrogen-bond acceptors (Lipinski definition) is 2. The summed E-state index contributed by atoms with van der Waals surface area (Å²) in [5, 5.41) is 15.6. The molecule has 0 aliphatic heterocycles. The van der Waals surface area contributed by atoms with Crippen molar-refractivity contribution in [2.45, 2.75) is 0 Å². The van der Waals surface area contributed by atoms with Gasteiger partial charge in [-0.1, -0.05) is 0 Å². The van der Waals surface area contributed by atoms with Crippen molar-refractivity contribution in [2.24, 2.45) is 0 Å². The first-order chi connectivity index (χ1) is 3.63. The molecule has 0 aromatic carbocycles.